The molecule has 1 saturated heterocycles. The molecule has 1 amide bonds. The van der Waals surface area contributed by atoms with Crippen molar-refractivity contribution in [2.75, 3.05) is 24.7 Å². The lowest BCUT2D eigenvalue weighted by Crippen LogP contribution is -2.51. The third-order valence-electron chi connectivity index (χ3n) is 3.45. The minimum absolute atomic E-state index is 0.104. The number of benzene rings is 1. The summed E-state index contributed by atoms with van der Waals surface area (Å²) in [6, 6.07) is 5.05. The van der Waals surface area contributed by atoms with E-state index in [-0.39, 0.29) is 11.9 Å². The van der Waals surface area contributed by atoms with E-state index in [2.05, 4.69) is 15.9 Å². The Morgan fingerprint density at radius 1 is 1.48 bits per heavy atom. The van der Waals surface area contributed by atoms with Crippen molar-refractivity contribution in [3.8, 4) is 0 Å². The first-order valence-corrected chi connectivity index (χ1v) is 8.81. The van der Waals surface area contributed by atoms with Crippen molar-refractivity contribution in [3.05, 3.63) is 33.8 Å². The Morgan fingerprint density at radius 3 is 2.95 bits per heavy atom. The van der Waals surface area contributed by atoms with Crippen LogP contribution in [0.25, 0.3) is 0 Å². The number of carbonyl (C=O) groups excluding carboxylic acids is 2. The van der Waals surface area contributed by atoms with Crippen molar-refractivity contribution in [1.82, 2.24) is 4.90 Å². The van der Waals surface area contributed by atoms with Gasteiger partial charge in [-0.25, -0.2) is 4.79 Å². The lowest BCUT2D eigenvalue weighted by Gasteiger charge is -2.34. The molecule has 1 aliphatic heterocycles. The normalized spacial score (nSPS) is 18.4. The molecule has 0 aromatic heterocycles. The van der Waals surface area contributed by atoms with Gasteiger partial charge >= 0.3 is 5.97 Å². The van der Waals surface area contributed by atoms with Crippen LogP contribution >= 0.6 is 27.7 Å². The molecule has 1 heterocycles. The summed E-state index contributed by atoms with van der Waals surface area (Å²) in [7, 11) is 0. The number of rotatable bonds is 3. The smallest absolute Gasteiger partial charge is 0.329 e. The summed E-state index contributed by atoms with van der Waals surface area (Å²) in [5, 5.41) is 0. The van der Waals surface area contributed by atoms with Gasteiger partial charge in [0.15, 0.2) is 0 Å². The van der Waals surface area contributed by atoms with Crippen LogP contribution in [-0.4, -0.2) is 47.5 Å². The van der Waals surface area contributed by atoms with Crippen LogP contribution in [0.1, 0.15) is 22.8 Å². The highest BCUT2D eigenvalue weighted by atomic mass is 79.9. The van der Waals surface area contributed by atoms with Crippen molar-refractivity contribution in [1.29, 1.82) is 0 Å². The molecule has 1 aromatic carbocycles. The fourth-order valence-electron chi connectivity index (χ4n) is 2.27. The number of thioether (sulfide) groups is 1. The number of hydrogen-bond acceptors (Lipinski definition) is 4. The topological polar surface area (TPSA) is 46.6 Å². The third-order valence-corrected chi connectivity index (χ3v) is 5.33. The molecule has 1 fully saturated rings. The molecule has 1 aromatic rings. The van der Waals surface area contributed by atoms with Crippen LogP contribution in [0.15, 0.2) is 22.7 Å². The molecule has 0 aliphatic carbocycles. The van der Waals surface area contributed by atoms with Gasteiger partial charge in [0.2, 0.25) is 0 Å². The largest absolute Gasteiger partial charge is 0.464 e. The maximum absolute atomic E-state index is 12.8. The average molecular weight is 372 g/mol. The Kier molecular flexibility index (Phi) is 5.70. The van der Waals surface area contributed by atoms with Gasteiger partial charge in [-0.2, -0.15) is 11.8 Å². The van der Waals surface area contributed by atoms with Crippen molar-refractivity contribution in [2.45, 2.75) is 19.9 Å². The molecule has 1 atom stereocenters. The Hall–Kier alpha value is -1.01. The first kappa shape index (κ1) is 16.4. The molecular formula is C15H18BrNO3S. The van der Waals surface area contributed by atoms with E-state index in [0.717, 1.165) is 15.8 Å². The summed E-state index contributed by atoms with van der Waals surface area (Å²) < 4.78 is 5.99. The quantitative estimate of drug-likeness (QED) is 0.766. The maximum Gasteiger partial charge on any atom is 0.329 e. The minimum atomic E-state index is -0.491. The molecule has 1 unspecified atom stereocenters. The molecule has 0 spiro atoms. The van der Waals surface area contributed by atoms with Crippen LogP contribution in [0.4, 0.5) is 0 Å². The number of carbonyl (C=O) groups is 2. The third kappa shape index (κ3) is 3.61. The Morgan fingerprint density at radius 2 is 2.24 bits per heavy atom. The van der Waals surface area contributed by atoms with Crippen molar-refractivity contribution < 1.29 is 14.3 Å². The van der Waals surface area contributed by atoms with Gasteiger partial charge in [-0.05, 0) is 31.5 Å². The molecule has 0 bridgehead atoms. The van der Waals surface area contributed by atoms with Gasteiger partial charge in [0.25, 0.3) is 5.91 Å². The van der Waals surface area contributed by atoms with Crippen LogP contribution in [0.3, 0.4) is 0 Å². The average Bonchev–Trinajstić information content (AvgIpc) is 2.49. The molecular weight excluding hydrogens is 354 g/mol. The van der Waals surface area contributed by atoms with E-state index >= 15 is 0 Å². The minimum Gasteiger partial charge on any atom is -0.464 e. The molecule has 1 aliphatic rings. The molecule has 4 nitrogen and oxygen atoms in total. The van der Waals surface area contributed by atoms with E-state index in [9.17, 15) is 9.59 Å². The van der Waals surface area contributed by atoms with Crippen LogP contribution in [0.2, 0.25) is 0 Å². The molecule has 21 heavy (non-hydrogen) atoms. The van der Waals surface area contributed by atoms with Crippen LogP contribution in [0.5, 0.6) is 0 Å². The van der Waals surface area contributed by atoms with Gasteiger partial charge in [-0.3, -0.25) is 4.79 Å². The molecule has 0 radical (unpaired) electrons. The zero-order valence-corrected chi connectivity index (χ0v) is 14.5. The van der Waals surface area contributed by atoms with Gasteiger partial charge in [0.1, 0.15) is 6.04 Å². The van der Waals surface area contributed by atoms with Crippen molar-refractivity contribution in [2.24, 2.45) is 0 Å². The standard InChI is InChI=1S/C15H18BrNO3S/c1-3-20-15(19)13-9-21-8-7-17(13)14(18)11-5-4-6-12(16)10(11)2/h4-6,13H,3,7-9H2,1-2H3. The predicted molar refractivity (Wildman–Crippen MR) is 87.7 cm³/mol. The van der Waals surface area contributed by atoms with E-state index in [1.807, 2.05) is 19.1 Å². The van der Waals surface area contributed by atoms with Gasteiger partial charge in [0.05, 0.1) is 6.61 Å². The Balaban J connectivity index is 2.26. The monoisotopic (exact) mass is 371 g/mol. The van der Waals surface area contributed by atoms with E-state index < -0.39 is 6.04 Å². The van der Waals surface area contributed by atoms with E-state index in [4.69, 9.17) is 4.74 Å². The van der Waals surface area contributed by atoms with Crippen molar-refractivity contribution >= 4 is 39.6 Å². The molecule has 0 N–H and O–H groups in total. The second-order valence-electron chi connectivity index (χ2n) is 4.75. The van der Waals surface area contributed by atoms with E-state index in [1.54, 1.807) is 29.7 Å². The second-order valence-corrected chi connectivity index (χ2v) is 6.76. The van der Waals surface area contributed by atoms with Gasteiger partial charge in [-0.1, -0.05) is 22.0 Å². The number of amides is 1. The highest BCUT2D eigenvalue weighted by Gasteiger charge is 2.34. The van der Waals surface area contributed by atoms with E-state index in [0.29, 0.717) is 24.5 Å². The van der Waals surface area contributed by atoms with Crippen LogP contribution < -0.4 is 0 Å². The number of ether oxygens (including phenoxy) is 1. The summed E-state index contributed by atoms with van der Waals surface area (Å²) in [5.74, 6) is 1.02. The number of halogens is 1. The molecule has 114 valence electrons. The fourth-order valence-corrected chi connectivity index (χ4v) is 3.67. The first-order valence-electron chi connectivity index (χ1n) is 6.86. The Bertz CT molecular complexity index is 550. The zero-order valence-electron chi connectivity index (χ0n) is 12.1. The number of hydrogen-bond donors (Lipinski definition) is 0. The maximum atomic E-state index is 12.8. The lowest BCUT2D eigenvalue weighted by molar-refractivity contribution is -0.147. The van der Waals surface area contributed by atoms with Gasteiger partial charge in [-0.15, -0.1) is 0 Å². The number of nitrogens with zero attached hydrogens (tertiary/aromatic N) is 1. The lowest BCUT2D eigenvalue weighted by atomic mass is 10.1. The summed E-state index contributed by atoms with van der Waals surface area (Å²) >= 11 is 5.12. The zero-order chi connectivity index (χ0) is 15.4. The first-order chi connectivity index (χ1) is 10.1. The fraction of sp³-hybridized carbons (Fsp3) is 0.467. The molecule has 0 saturated carbocycles. The second kappa shape index (κ2) is 7.31. The molecule has 6 heteroatoms. The summed E-state index contributed by atoms with van der Waals surface area (Å²) in [4.78, 5) is 26.5. The highest BCUT2D eigenvalue weighted by molar-refractivity contribution is 9.10. The van der Waals surface area contributed by atoms with E-state index in [1.165, 1.54) is 0 Å². The SMILES string of the molecule is CCOC(=O)C1CSCCN1C(=O)c1cccc(Br)c1C. The van der Waals surface area contributed by atoms with Crippen LogP contribution in [-0.2, 0) is 9.53 Å². The summed E-state index contributed by atoms with van der Waals surface area (Å²) in [6.45, 7) is 4.57. The number of esters is 1. The highest BCUT2D eigenvalue weighted by Crippen LogP contribution is 2.24. The predicted octanol–water partition coefficient (Wildman–Crippen LogP) is 2.88. The van der Waals surface area contributed by atoms with Gasteiger partial charge in [0, 0.05) is 28.1 Å². The summed E-state index contributed by atoms with van der Waals surface area (Å²) in [6.07, 6.45) is 0. The Labute approximate surface area is 137 Å². The summed E-state index contributed by atoms with van der Waals surface area (Å²) in [5.41, 5.74) is 1.52. The van der Waals surface area contributed by atoms with Gasteiger partial charge < -0.3 is 9.64 Å². The van der Waals surface area contributed by atoms with Crippen LogP contribution in [0, 0.1) is 6.92 Å². The molecule has 2 rings (SSSR count). The van der Waals surface area contributed by atoms with Crippen molar-refractivity contribution in [3.63, 3.8) is 0 Å².